The topological polar surface area (TPSA) is 102 Å². The van der Waals surface area contributed by atoms with Gasteiger partial charge in [0.05, 0.1) is 16.2 Å². The average molecular weight is 523 g/mol. The van der Waals surface area contributed by atoms with Crippen molar-refractivity contribution >= 4 is 40.3 Å². The second-order valence-corrected chi connectivity index (χ2v) is 10.0. The number of sulfone groups is 1. The van der Waals surface area contributed by atoms with Crippen LogP contribution in [-0.4, -0.2) is 31.5 Å². The number of aromatic nitrogens is 1. The Morgan fingerprint density at radius 1 is 0.944 bits per heavy atom. The molecule has 0 aliphatic carbocycles. The summed E-state index contributed by atoms with van der Waals surface area (Å²) in [6, 6.07) is 19.6. The van der Waals surface area contributed by atoms with Gasteiger partial charge in [-0.3, -0.25) is 9.78 Å². The number of carbonyl (C=O) groups is 2. The van der Waals surface area contributed by atoms with Crippen molar-refractivity contribution in [2.45, 2.75) is 4.90 Å². The molecule has 10 heteroatoms. The maximum Gasteiger partial charge on any atom is 0.349 e. The molecule has 0 radical (unpaired) electrons. The summed E-state index contributed by atoms with van der Waals surface area (Å²) >= 11 is 3.48. The summed E-state index contributed by atoms with van der Waals surface area (Å²) in [5, 5.41) is 2.76. The highest BCUT2D eigenvalue weighted by Gasteiger charge is 2.21. The van der Waals surface area contributed by atoms with E-state index in [0.717, 1.165) is 17.9 Å². The molecule has 0 aliphatic heterocycles. The van der Waals surface area contributed by atoms with Crippen LogP contribution in [0.15, 0.2) is 90.0 Å². The van der Waals surface area contributed by atoms with Gasteiger partial charge in [0, 0.05) is 47.7 Å². The summed E-state index contributed by atoms with van der Waals surface area (Å²) in [4.78, 5) is 29.4. The predicted octanol–water partition coefficient (Wildman–Crippen LogP) is 5.21. The zero-order valence-corrected chi connectivity index (χ0v) is 20.5. The number of anilines is 1. The van der Waals surface area contributed by atoms with Crippen molar-refractivity contribution in [3.05, 3.63) is 102 Å². The Bertz CT molecular complexity index is 1570. The Labute approximate surface area is 212 Å². The molecule has 36 heavy (non-hydrogen) atoms. The molecule has 0 fully saturated rings. The fourth-order valence-electron chi connectivity index (χ4n) is 3.57. The first-order valence-electron chi connectivity index (χ1n) is 10.5. The van der Waals surface area contributed by atoms with Gasteiger partial charge in [0.2, 0.25) is 0 Å². The van der Waals surface area contributed by atoms with Crippen molar-refractivity contribution in [3.63, 3.8) is 0 Å². The Morgan fingerprint density at radius 3 is 2.44 bits per heavy atom. The number of halogens is 1. The van der Waals surface area contributed by atoms with Crippen molar-refractivity contribution in [1.82, 2.24) is 4.98 Å². The highest BCUT2D eigenvalue weighted by Crippen LogP contribution is 2.31. The van der Waals surface area contributed by atoms with Crippen LogP contribution in [0.25, 0.3) is 22.4 Å². The Balaban J connectivity index is 1.79. The van der Waals surface area contributed by atoms with Crippen molar-refractivity contribution in [2.75, 3.05) is 11.6 Å². The number of nitrogens with one attached hydrogen (secondary N) is 1. The molecule has 0 saturated carbocycles. The number of hydrogen-bond acceptors (Lipinski definition) is 7. The number of carbonyl (C=O) groups excluding carboxylic acids is 2. The fraction of sp³-hybridized carbons (Fsp3) is 0.0385. The summed E-state index contributed by atoms with van der Waals surface area (Å²) in [7, 11) is -3.68. The minimum Gasteiger partial charge on any atom is -0.391 e. The minimum atomic E-state index is -3.68. The summed E-state index contributed by atoms with van der Waals surface area (Å²) in [5.74, 6) is -2.21. The first-order valence-corrected chi connectivity index (χ1v) is 12.8. The molecule has 0 spiro atoms. The lowest BCUT2D eigenvalue weighted by molar-refractivity contribution is 0.0772. The van der Waals surface area contributed by atoms with Crippen LogP contribution in [0.4, 0.5) is 10.1 Å². The molecular formula is C26H19FN2O5S2. The zero-order valence-electron chi connectivity index (χ0n) is 18.8. The van der Waals surface area contributed by atoms with Gasteiger partial charge in [-0.2, -0.15) is 0 Å². The fourth-order valence-corrected chi connectivity index (χ4v) is 4.33. The van der Waals surface area contributed by atoms with Gasteiger partial charge in [-0.05, 0) is 66.2 Å². The van der Waals surface area contributed by atoms with Crippen LogP contribution in [0.1, 0.15) is 20.7 Å². The quantitative estimate of drug-likeness (QED) is 0.266. The van der Waals surface area contributed by atoms with Crippen molar-refractivity contribution in [3.8, 4) is 22.4 Å². The maximum absolute atomic E-state index is 14.9. The monoisotopic (exact) mass is 522 g/mol. The summed E-state index contributed by atoms with van der Waals surface area (Å²) in [6.45, 7) is 0. The second-order valence-electron chi connectivity index (χ2n) is 7.80. The lowest BCUT2D eigenvalue weighted by atomic mass is 9.97. The van der Waals surface area contributed by atoms with Gasteiger partial charge >= 0.3 is 5.97 Å². The smallest absolute Gasteiger partial charge is 0.349 e. The zero-order chi connectivity index (χ0) is 25.9. The lowest BCUT2D eigenvalue weighted by Gasteiger charge is -2.14. The van der Waals surface area contributed by atoms with E-state index in [2.05, 4.69) is 27.4 Å². The minimum absolute atomic E-state index is 0.000861. The lowest BCUT2D eigenvalue weighted by Crippen LogP contribution is -2.14. The second kappa shape index (κ2) is 10.3. The third-order valence-corrected chi connectivity index (χ3v) is 6.60. The van der Waals surface area contributed by atoms with Gasteiger partial charge in [-0.25, -0.2) is 17.6 Å². The first-order chi connectivity index (χ1) is 17.2. The average Bonchev–Trinajstić information content (AvgIpc) is 2.88. The summed E-state index contributed by atoms with van der Waals surface area (Å²) < 4.78 is 43.7. The molecule has 1 amide bonds. The SMILES string of the molecule is CS(=O)(=O)c1ccc(C(=O)Nc2cccc(-c3ccccn3)c2)c(-c2cc(C(=O)OS)ccc2F)c1. The molecule has 0 saturated heterocycles. The van der Waals surface area contributed by atoms with Gasteiger partial charge in [0.1, 0.15) is 5.82 Å². The largest absolute Gasteiger partial charge is 0.391 e. The Hall–Kier alpha value is -4.02. The van der Waals surface area contributed by atoms with E-state index in [1.807, 2.05) is 18.2 Å². The number of amides is 1. The van der Waals surface area contributed by atoms with E-state index in [0.29, 0.717) is 11.4 Å². The normalized spacial score (nSPS) is 11.1. The van der Waals surface area contributed by atoms with Gasteiger partial charge in [-0.1, -0.05) is 18.2 Å². The number of nitrogens with zero attached hydrogens (tertiary/aromatic N) is 1. The summed E-state index contributed by atoms with van der Waals surface area (Å²) in [5.41, 5.74) is 1.74. The van der Waals surface area contributed by atoms with Crippen LogP contribution >= 0.6 is 12.9 Å². The van der Waals surface area contributed by atoms with Crippen molar-refractivity contribution < 1.29 is 26.6 Å². The van der Waals surface area contributed by atoms with E-state index in [-0.39, 0.29) is 27.1 Å². The number of benzene rings is 3. The Kier molecular flexibility index (Phi) is 7.18. The third kappa shape index (κ3) is 5.45. The predicted molar refractivity (Wildman–Crippen MR) is 137 cm³/mol. The van der Waals surface area contributed by atoms with Gasteiger partial charge < -0.3 is 9.50 Å². The number of thiol groups is 1. The highest BCUT2D eigenvalue weighted by molar-refractivity contribution is 7.90. The molecule has 0 atom stereocenters. The molecule has 1 heterocycles. The molecule has 3 aromatic carbocycles. The third-order valence-electron chi connectivity index (χ3n) is 5.32. The molecule has 4 aromatic rings. The van der Waals surface area contributed by atoms with Crippen LogP contribution in [0, 0.1) is 5.82 Å². The summed E-state index contributed by atoms with van der Waals surface area (Å²) in [6.07, 6.45) is 2.66. The molecule has 0 unspecified atom stereocenters. The highest BCUT2D eigenvalue weighted by atomic mass is 32.2. The molecule has 1 N–H and O–H groups in total. The van der Waals surface area contributed by atoms with Gasteiger partial charge in [-0.15, -0.1) is 0 Å². The molecule has 182 valence electrons. The van der Waals surface area contributed by atoms with Crippen LogP contribution in [0.2, 0.25) is 0 Å². The van der Waals surface area contributed by atoms with Gasteiger partial charge in [0.15, 0.2) is 9.84 Å². The molecule has 4 rings (SSSR count). The molecule has 0 aliphatic rings. The maximum atomic E-state index is 14.9. The number of rotatable bonds is 6. The van der Waals surface area contributed by atoms with Crippen LogP contribution in [-0.2, 0) is 14.0 Å². The molecule has 1 aromatic heterocycles. The van der Waals surface area contributed by atoms with E-state index in [1.54, 1.807) is 30.5 Å². The number of hydrogen-bond donors (Lipinski definition) is 2. The first kappa shape index (κ1) is 25.1. The van der Waals surface area contributed by atoms with Gasteiger partial charge in [0.25, 0.3) is 5.91 Å². The van der Waals surface area contributed by atoms with Crippen molar-refractivity contribution in [2.24, 2.45) is 0 Å². The Morgan fingerprint density at radius 2 is 1.75 bits per heavy atom. The van der Waals surface area contributed by atoms with E-state index >= 15 is 0 Å². The van der Waals surface area contributed by atoms with E-state index in [9.17, 15) is 22.4 Å². The van der Waals surface area contributed by atoms with Crippen LogP contribution < -0.4 is 5.32 Å². The van der Waals surface area contributed by atoms with Crippen molar-refractivity contribution in [1.29, 1.82) is 0 Å². The van der Waals surface area contributed by atoms with Crippen LogP contribution in [0.3, 0.4) is 0 Å². The molecule has 7 nitrogen and oxygen atoms in total. The van der Waals surface area contributed by atoms with E-state index < -0.39 is 27.5 Å². The van der Waals surface area contributed by atoms with Crippen LogP contribution in [0.5, 0.6) is 0 Å². The number of pyridine rings is 1. The van der Waals surface area contributed by atoms with E-state index in [1.165, 1.54) is 30.3 Å². The van der Waals surface area contributed by atoms with E-state index in [4.69, 9.17) is 0 Å². The molecule has 0 bridgehead atoms. The molecular weight excluding hydrogens is 503 g/mol. The standard InChI is InChI=1S/C26H19FN2O5S2/c1-36(32,33)19-9-10-20(21(15-19)22-14-17(26(31)34-35)8-11-23(22)27)25(30)29-18-6-4-5-16(13-18)24-7-2-3-12-28-24/h2-15,35H,1H3,(H,29,30).